The number of amides is 1. The molecule has 4 N–H and O–H groups in total. The summed E-state index contributed by atoms with van der Waals surface area (Å²) < 4.78 is 5.21. The van der Waals surface area contributed by atoms with Crippen LogP contribution in [-0.2, 0) is 9.53 Å². The number of nitrogens with two attached hydrogens (primary N) is 2. The zero-order valence-electron chi connectivity index (χ0n) is 10.0. The van der Waals surface area contributed by atoms with Gasteiger partial charge in [0.25, 0.3) is 0 Å². The molecule has 0 aromatic carbocycles. The van der Waals surface area contributed by atoms with Gasteiger partial charge in [-0.05, 0) is 32.4 Å². The van der Waals surface area contributed by atoms with Crippen molar-refractivity contribution in [3.05, 3.63) is 0 Å². The maximum Gasteiger partial charge on any atom is 0.221 e. The largest absolute Gasteiger partial charge is 0.383 e. The molecule has 0 bridgehead atoms. The fourth-order valence-electron chi connectivity index (χ4n) is 2.27. The Morgan fingerprint density at radius 3 is 2.88 bits per heavy atom. The number of methoxy groups -OCH3 is 1. The van der Waals surface area contributed by atoms with E-state index in [0.29, 0.717) is 19.2 Å². The number of ether oxygens (including phenoxy) is 1. The molecule has 1 aliphatic rings. The fourth-order valence-corrected chi connectivity index (χ4v) is 2.27. The Morgan fingerprint density at radius 2 is 2.38 bits per heavy atom. The third-order valence-corrected chi connectivity index (χ3v) is 3.24. The van der Waals surface area contributed by atoms with Crippen LogP contribution in [0.3, 0.4) is 0 Å². The standard InChI is InChI=1S/C11H23N3O2/c1-16-8-10(3-2-5-12)14-6-4-9(7-14)11(13)15/h9-10H,2-8,12H2,1H3,(H2,13,15). The van der Waals surface area contributed by atoms with E-state index in [9.17, 15) is 4.79 Å². The van der Waals surface area contributed by atoms with Crippen molar-refractivity contribution in [1.29, 1.82) is 0 Å². The number of nitrogens with zero attached hydrogens (tertiary/aromatic N) is 1. The first-order valence-electron chi connectivity index (χ1n) is 5.91. The van der Waals surface area contributed by atoms with Crippen LogP contribution >= 0.6 is 0 Å². The molecule has 0 saturated carbocycles. The van der Waals surface area contributed by atoms with Crippen molar-refractivity contribution in [3.8, 4) is 0 Å². The summed E-state index contributed by atoms with van der Waals surface area (Å²) >= 11 is 0. The Hall–Kier alpha value is -0.650. The van der Waals surface area contributed by atoms with Crippen LogP contribution in [0.2, 0.25) is 0 Å². The van der Waals surface area contributed by atoms with E-state index in [-0.39, 0.29) is 11.8 Å². The topological polar surface area (TPSA) is 81.6 Å². The maximum atomic E-state index is 11.1. The minimum atomic E-state index is -0.183. The molecule has 0 spiro atoms. The van der Waals surface area contributed by atoms with E-state index in [4.69, 9.17) is 16.2 Å². The number of primary amides is 1. The van der Waals surface area contributed by atoms with Crippen LogP contribution in [-0.4, -0.2) is 50.2 Å². The average molecular weight is 229 g/mol. The summed E-state index contributed by atoms with van der Waals surface area (Å²) in [7, 11) is 1.71. The van der Waals surface area contributed by atoms with Gasteiger partial charge >= 0.3 is 0 Å². The van der Waals surface area contributed by atoms with Gasteiger partial charge in [-0.1, -0.05) is 0 Å². The summed E-state index contributed by atoms with van der Waals surface area (Å²) in [6.45, 7) is 3.11. The molecule has 1 fully saturated rings. The van der Waals surface area contributed by atoms with Crippen molar-refractivity contribution in [2.45, 2.75) is 25.3 Å². The zero-order valence-corrected chi connectivity index (χ0v) is 10.0. The molecule has 1 heterocycles. The number of hydrogen-bond acceptors (Lipinski definition) is 4. The van der Waals surface area contributed by atoms with Gasteiger partial charge in [0, 0.05) is 19.7 Å². The molecule has 2 unspecified atom stereocenters. The highest BCUT2D eigenvalue weighted by Crippen LogP contribution is 2.20. The molecule has 0 radical (unpaired) electrons. The van der Waals surface area contributed by atoms with Gasteiger partial charge in [0.05, 0.1) is 12.5 Å². The lowest BCUT2D eigenvalue weighted by Gasteiger charge is -2.27. The molecular formula is C11H23N3O2. The molecule has 1 amide bonds. The second-order valence-electron chi connectivity index (χ2n) is 4.42. The van der Waals surface area contributed by atoms with Crippen LogP contribution < -0.4 is 11.5 Å². The first-order valence-corrected chi connectivity index (χ1v) is 5.91. The first kappa shape index (κ1) is 13.4. The number of carbonyl (C=O) groups is 1. The van der Waals surface area contributed by atoms with Gasteiger partial charge in [0.2, 0.25) is 5.91 Å². The van der Waals surface area contributed by atoms with E-state index >= 15 is 0 Å². The van der Waals surface area contributed by atoms with Gasteiger partial charge in [-0.2, -0.15) is 0 Å². The zero-order chi connectivity index (χ0) is 12.0. The van der Waals surface area contributed by atoms with Crippen LogP contribution in [0, 0.1) is 5.92 Å². The Labute approximate surface area is 97.1 Å². The van der Waals surface area contributed by atoms with Crippen molar-refractivity contribution in [2.24, 2.45) is 17.4 Å². The second-order valence-corrected chi connectivity index (χ2v) is 4.42. The Balaban J connectivity index is 2.43. The van der Waals surface area contributed by atoms with Gasteiger partial charge < -0.3 is 16.2 Å². The van der Waals surface area contributed by atoms with Gasteiger partial charge in [-0.15, -0.1) is 0 Å². The minimum absolute atomic E-state index is 0.0113. The lowest BCUT2D eigenvalue weighted by molar-refractivity contribution is -0.121. The molecular weight excluding hydrogens is 206 g/mol. The molecule has 0 aromatic rings. The molecule has 1 rings (SSSR count). The predicted molar refractivity (Wildman–Crippen MR) is 62.8 cm³/mol. The van der Waals surface area contributed by atoms with Crippen LogP contribution in [0.15, 0.2) is 0 Å². The van der Waals surface area contributed by atoms with Crippen molar-refractivity contribution in [3.63, 3.8) is 0 Å². The number of rotatable bonds is 7. The van der Waals surface area contributed by atoms with E-state index in [2.05, 4.69) is 4.90 Å². The number of hydrogen-bond donors (Lipinski definition) is 2. The quantitative estimate of drug-likeness (QED) is 0.619. The van der Waals surface area contributed by atoms with Crippen LogP contribution in [0.5, 0.6) is 0 Å². The summed E-state index contributed by atoms with van der Waals surface area (Å²) in [5.41, 5.74) is 10.8. The van der Waals surface area contributed by atoms with E-state index in [0.717, 1.165) is 32.4 Å². The highest BCUT2D eigenvalue weighted by molar-refractivity contribution is 5.77. The summed E-state index contributed by atoms with van der Waals surface area (Å²) in [4.78, 5) is 13.4. The third-order valence-electron chi connectivity index (χ3n) is 3.24. The maximum absolute atomic E-state index is 11.1. The molecule has 5 nitrogen and oxygen atoms in total. The predicted octanol–water partition coefficient (Wildman–Crippen LogP) is -0.452. The monoisotopic (exact) mass is 229 g/mol. The van der Waals surface area contributed by atoms with Crippen molar-refractivity contribution < 1.29 is 9.53 Å². The van der Waals surface area contributed by atoms with E-state index in [1.807, 2.05) is 0 Å². The Bertz CT molecular complexity index is 223. The summed E-state index contributed by atoms with van der Waals surface area (Å²) in [5, 5.41) is 0. The third kappa shape index (κ3) is 3.73. The molecule has 1 aliphatic heterocycles. The van der Waals surface area contributed by atoms with Gasteiger partial charge in [-0.3, -0.25) is 9.69 Å². The molecule has 1 saturated heterocycles. The van der Waals surface area contributed by atoms with Gasteiger partial charge in [0.15, 0.2) is 0 Å². The average Bonchev–Trinajstić information content (AvgIpc) is 2.73. The molecule has 0 aliphatic carbocycles. The van der Waals surface area contributed by atoms with Crippen LogP contribution in [0.4, 0.5) is 0 Å². The molecule has 16 heavy (non-hydrogen) atoms. The van der Waals surface area contributed by atoms with Crippen molar-refractivity contribution in [1.82, 2.24) is 4.90 Å². The van der Waals surface area contributed by atoms with Gasteiger partial charge in [-0.25, -0.2) is 0 Å². The van der Waals surface area contributed by atoms with E-state index in [1.54, 1.807) is 7.11 Å². The summed E-state index contributed by atoms with van der Waals surface area (Å²) in [6, 6.07) is 0.373. The normalized spacial score (nSPS) is 23.5. The fraction of sp³-hybridized carbons (Fsp3) is 0.909. The summed E-state index contributed by atoms with van der Waals surface area (Å²) in [5.74, 6) is -0.172. The number of likely N-dealkylation sites (tertiary alicyclic amines) is 1. The smallest absolute Gasteiger partial charge is 0.221 e. The minimum Gasteiger partial charge on any atom is -0.383 e. The highest BCUT2D eigenvalue weighted by Gasteiger charge is 2.30. The highest BCUT2D eigenvalue weighted by atomic mass is 16.5. The molecule has 94 valence electrons. The lowest BCUT2D eigenvalue weighted by Crippen LogP contribution is -2.38. The second kappa shape index (κ2) is 6.83. The SMILES string of the molecule is COCC(CCCN)N1CCC(C(N)=O)C1. The van der Waals surface area contributed by atoms with E-state index < -0.39 is 0 Å². The molecule has 5 heteroatoms. The van der Waals surface area contributed by atoms with Gasteiger partial charge in [0.1, 0.15) is 0 Å². The Kier molecular flexibility index (Phi) is 5.73. The Morgan fingerprint density at radius 1 is 1.62 bits per heavy atom. The number of carbonyl (C=O) groups excluding carboxylic acids is 1. The van der Waals surface area contributed by atoms with Crippen LogP contribution in [0.1, 0.15) is 19.3 Å². The summed E-state index contributed by atoms with van der Waals surface area (Å²) in [6.07, 6.45) is 2.89. The molecule has 2 atom stereocenters. The molecule has 0 aromatic heterocycles. The van der Waals surface area contributed by atoms with E-state index in [1.165, 1.54) is 0 Å². The first-order chi connectivity index (χ1) is 7.69. The van der Waals surface area contributed by atoms with Crippen molar-refractivity contribution >= 4 is 5.91 Å². The van der Waals surface area contributed by atoms with Crippen molar-refractivity contribution in [2.75, 3.05) is 33.4 Å². The lowest BCUT2D eigenvalue weighted by atomic mass is 10.1. The van der Waals surface area contributed by atoms with Crippen LogP contribution in [0.25, 0.3) is 0 Å².